The molecule has 0 saturated carbocycles. The number of hydrogen-bond acceptors (Lipinski definition) is 4. The molecule has 3 rings (SSSR count). The van der Waals surface area contributed by atoms with Crippen molar-refractivity contribution in [1.29, 1.82) is 5.26 Å². The van der Waals surface area contributed by atoms with E-state index >= 15 is 0 Å². The first-order valence-electron chi connectivity index (χ1n) is 7.41. The first-order valence-corrected chi connectivity index (χ1v) is 8.66. The first kappa shape index (κ1) is 16.0. The molecule has 1 amide bonds. The minimum absolute atomic E-state index is 0.00298. The van der Waals surface area contributed by atoms with Gasteiger partial charge < -0.3 is 4.90 Å². The van der Waals surface area contributed by atoms with E-state index in [2.05, 4.69) is 11.0 Å². The number of thiophene rings is 1. The van der Waals surface area contributed by atoms with Crippen LogP contribution in [0.2, 0.25) is 5.02 Å². The number of nitrogens with zero attached hydrogens (tertiary/aromatic N) is 3. The molecule has 0 N–H and O–H groups in total. The molecule has 1 atom stereocenters. The minimum atomic E-state index is -0.224. The third-order valence-electron chi connectivity index (χ3n) is 3.97. The van der Waals surface area contributed by atoms with Crippen LogP contribution in [0.4, 0.5) is 0 Å². The van der Waals surface area contributed by atoms with E-state index in [-0.39, 0.29) is 11.9 Å². The number of halogens is 1. The normalized spacial score (nSPS) is 16.8. The Bertz CT molecular complexity index is 718. The van der Waals surface area contributed by atoms with Gasteiger partial charge in [-0.3, -0.25) is 9.69 Å². The number of amides is 1. The van der Waals surface area contributed by atoms with Crippen molar-refractivity contribution < 1.29 is 4.79 Å². The van der Waals surface area contributed by atoms with E-state index in [4.69, 9.17) is 11.6 Å². The van der Waals surface area contributed by atoms with Crippen LogP contribution in [0.3, 0.4) is 0 Å². The molecule has 1 aromatic carbocycles. The van der Waals surface area contributed by atoms with Gasteiger partial charge in [0.25, 0.3) is 5.91 Å². The van der Waals surface area contributed by atoms with Crippen molar-refractivity contribution in [2.45, 2.75) is 6.04 Å². The van der Waals surface area contributed by atoms with Crippen LogP contribution in [0.1, 0.15) is 21.3 Å². The highest BCUT2D eigenvalue weighted by atomic mass is 35.5. The SMILES string of the molecule is N#CC(c1cccs1)N1CCN(C(=O)c2cccc(Cl)c2)CC1. The van der Waals surface area contributed by atoms with Gasteiger partial charge in [-0.05, 0) is 29.6 Å². The molecule has 1 aromatic heterocycles. The molecule has 6 heteroatoms. The van der Waals surface area contributed by atoms with E-state index in [0.717, 1.165) is 4.88 Å². The molecule has 1 unspecified atom stereocenters. The Morgan fingerprint density at radius 2 is 2.00 bits per heavy atom. The lowest BCUT2D eigenvalue weighted by molar-refractivity contribution is 0.0608. The van der Waals surface area contributed by atoms with E-state index in [1.54, 1.807) is 35.6 Å². The Labute approximate surface area is 144 Å². The molecule has 118 valence electrons. The van der Waals surface area contributed by atoms with Crippen molar-refractivity contribution in [3.8, 4) is 6.07 Å². The zero-order valence-corrected chi connectivity index (χ0v) is 14.1. The van der Waals surface area contributed by atoms with Crippen molar-refractivity contribution in [3.05, 3.63) is 57.2 Å². The summed E-state index contributed by atoms with van der Waals surface area (Å²) in [5, 5.41) is 12.0. The summed E-state index contributed by atoms with van der Waals surface area (Å²) in [5.41, 5.74) is 0.612. The molecule has 1 aliphatic rings. The lowest BCUT2D eigenvalue weighted by Crippen LogP contribution is -2.49. The van der Waals surface area contributed by atoms with Gasteiger partial charge in [0.15, 0.2) is 0 Å². The average Bonchev–Trinajstić information content (AvgIpc) is 3.10. The zero-order valence-electron chi connectivity index (χ0n) is 12.5. The molecule has 2 heterocycles. The van der Waals surface area contributed by atoms with Gasteiger partial charge in [-0.2, -0.15) is 5.26 Å². The van der Waals surface area contributed by atoms with Gasteiger partial charge in [-0.25, -0.2) is 0 Å². The van der Waals surface area contributed by atoms with Crippen molar-refractivity contribution >= 4 is 28.8 Å². The second kappa shape index (κ2) is 7.14. The molecule has 2 aromatic rings. The molecule has 23 heavy (non-hydrogen) atoms. The predicted octanol–water partition coefficient (Wildman–Crippen LogP) is 3.42. The maximum atomic E-state index is 12.5. The highest BCUT2D eigenvalue weighted by Crippen LogP contribution is 2.25. The molecular formula is C17H16ClN3OS. The van der Waals surface area contributed by atoms with E-state index in [0.29, 0.717) is 36.8 Å². The highest BCUT2D eigenvalue weighted by molar-refractivity contribution is 7.10. The number of carbonyl (C=O) groups is 1. The van der Waals surface area contributed by atoms with E-state index in [1.807, 2.05) is 22.4 Å². The molecule has 0 spiro atoms. The number of piperazine rings is 1. The summed E-state index contributed by atoms with van der Waals surface area (Å²) >= 11 is 7.55. The Morgan fingerprint density at radius 3 is 2.61 bits per heavy atom. The quantitative estimate of drug-likeness (QED) is 0.856. The van der Waals surface area contributed by atoms with Crippen molar-refractivity contribution in [3.63, 3.8) is 0 Å². The van der Waals surface area contributed by atoms with Gasteiger partial charge >= 0.3 is 0 Å². The van der Waals surface area contributed by atoms with E-state index < -0.39 is 0 Å². The number of hydrogen-bond donors (Lipinski definition) is 0. The fourth-order valence-electron chi connectivity index (χ4n) is 2.76. The van der Waals surface area contributed by atoms with Crippen LogP contribution < -0.4 is 0 Å². The summed E-state index contributed by atoms with van der Waals surface area (Å²) in [6.45, 7) is 2.63. The second-order valence-corrected chi connectivity index (χ2v) is 6.80. The molecule has 1 fully saturated rings. The van der Waals surface area contributed by atoms with E-state index in [1.165, 1.54) is 0 Å². The fraction of sp³-hybridized carbons (Fsp3) is 0.294. The maximum Gasteiger partial charge on any atom is 0.253 e. The first-order chi connectivity index (χ1) is 11.2. The Balaban J connectivity index is 1.64. The summed E-state index contributed by atoms with van der Waals surface area (Å²) in [5.74, 6) is -0.00298. The smallest absolute Gasteiger partial charge is 0.253 e. The standard InChI is InChI=1S/C17H16ClN3OS/c18-14-4-1-3-13(11-14)17(22)21-8-6-20(7-9-21)15(12-19)16-5-2-10-23-16/h1-5,10-11,15H,6-9H2. The molecule has 0 bridgehead atoms. The van der Waals surface area contributed by atoms with Crippen LogP contribution in [0.5, 0.6) is 0 Å². The molecule has 1 saturated heterocycles. The Kier molecular flexibility index (Phi) is 4.97. The Hall–Kier alpha value is -1.87. The van der Waals surface area contributed by atoms with Gasteiger partial charge in [-0.1, -0.05) is 23.7 Å². The fourth-order valence-corrected chi connectivity index (χ4v) is 3.75. The minimum Gasteiger partial charge on any atom is -0.336 e. The molecule has 4 nitrogen and oxygen atoms in total. The number of nitriles is 1. The van der Waals surface area contributed by atoms with Crippen LogP contribution in [0.15, 0.2) is 41.8 Å². The van der Waals surface area contributed by atoms with Crippen molar-refractivity contribution in [2.75, 3.05) is 26.2 Å². The van der Waals surface area contributed by atoms with Crippen LogP contribution in [0.25, 0.3) is 0 Å². The summed E-state index contributed by atoms with van der Waals surface area (Å²) in [4.78, 5) is 17.5. The zero-order chi connectivity index (χ0) is 16.2. The van der Waals surface area contributed by atoms with Crippen molar-refractivity contribution in [2.24, 2.45) is 0 Å². The number of carbonyl (C=O) groups excluding carboxylic acids is 1. The third-order valence-corrected chi connectivity index (χ3v) is 5.13. The number of benzene rings is 1. The van der Waals surface area contributed by atoms with Gasteiger partial charge in [-0.15, -0.1) is 11.3 Å². The molecule has 0 radical (unpaired) electrons. The monoisotopic (exact) mass is 345 g/mol. The molecule has 1 aliphatic heterocycles. The van der Waals surface area contributed by atoms with Crippen molar-refractivity contribution in [1.82, 2.24) is 9.80 Å². The van der Waals surface area contributed by atoms with Gasteiger partial charge in [0, 0.05) is 41.6 Å². The van der Waals surface area contributed by atoms with Crippen LogP contribution in [-0.2, 0) is 0 Å². The van der Waals surface area contributed by atoms with Gasteiger partial charge in [0.05, 0.1) is 6.07 Å². The summed E-state index contributed by atoms with van der Waals surface area (Å²) in [7, 11) is 0. The summed E-state index contributed by atoms with van der Waals surface area (Å²) in [6.07, 6.45) is 0. The lowest BCUT2D eigenvalue weighted by Gasteiger charge is -2.36. The maximum absolute atomic E-state index is 12.5. The second-order valence-electron chi connectivity index (χ2n) is 5.39. The van der Waals surface area contributed by atoms with E-state index in [9.17, 15) is 10.1 Å². The Morgan fingerprint density at radius 1 is 1.22 bits per heavy atom. The molecule has 0 aliphatic carbocycles. The highest BCUT2D eigenvalue weighted by Gasteiger charge is 2.27. The van der Waals surface area contributed by atoms with Crippen LogP contribution in [-0.4, -0.2) is 41.9 Å². The average molecular weight is 346 g/mol. The predicted molar refractivity (Wildman–Crippen MR) is 91.6 cm³/mol. The summed E-state index contributed by atoms with van der Waals surface area (Å²) < 4.78 is 0. The lowest BCUT2D eigenvalue weighted by atomic mass is 10.1. The largest absolute Gasteiger partial charge is 0.336 e. The van der Waals surface area contributed by atoms with Gasteiger partial charge in [0.2, 0.25) is 0 Å². The third kappa shape index (κ3) is 3.56. The number of rotatable bonds is 3. The van der Waals surface area contributed by atoms with Crippen LogP contribution in [0, 0.1) is 11.3 Å². The topological polar surface area (TPSA) is 47.3 Å². The molecular weight excluding hydrogens is 330 g/mol. The summed E-state index contributed by atoms with van der Waals surface area (Å²) in [6, 6.07) is 13.1. The van der Waals surface area contributed by atoms with Gasteiger partial charge in [0.1, 0.15) is 6.04 Å². The van der Waals surface area contributed by atoms with Crippen LogP contribution >= 0.6 is 22.9 Å².